The zero-order valence-corrected chi connectivity index (χ0v) is 14.7. The number of hydrogen-bond donors (Lipinski definition) is 2. The summed E-state index contributed by atoms with van der Waals surface area (Å²) in [6, 6.07) is 12.4. The Bertz CT molecular complexity index is 849. The lowest BCUT2D eigenvalue weighted by atomic mass is 10.1. The minimum Gasteiger partial charge on any atom is -0.351 e. The molecule has 0 bridgehead atoms. The molecule has 0 fully saturated rings. The molecular weight excluding hydrogens is 346 g/mol. The van der Waals surface area contributed by atoms with E-state index in [1.165, 1.54) is 13.1 Å². The molecule has 0 unspecified atom stereocenters. The number of rotatable bonds is 7. The Kier molecular flexibility index (Phi) is 6.09. The number of nitriles is 1. The van der Waals surface area contributed by atoms with Crippen molar-refractivity contribution in [2.75, 3.05) is 7.05 Å². The van der Waals surface area contributed by atoms with Crippen molar-refractivity contribution in [3.8, 4) is 6.07 Å². The van der Waals surface area contributed by atoms with E-state index in [0.29, 0.717) is 24.9 Å². The number of thiophene rings is 1. The van der Waals surface area contributed by atoms with Gasteiger partial charge in [-0.1, -0.05) is 12.1 Å². The summed E-state index contributed by atoms with van der Waals surface area (Å²) in [5, 5.41) is 11.5. The van der Waals surface area contributed by atoms with Gasteiger partial charge in [-0.15, -0.1) is 11.3 Å². The van der Waals surface area contributed by atoms with Crippen LogP contribution in [-0.2, 0) is 27.8 Å². The van der Waals surface area contributed by atoms with E-state index in [9.17, 15) is 13.2 Å². The summed E-state index contributed by atoms with van der Waals surface area (Å²) in [6.07, 6.45) is 0.917. The number of carbonyl (C=O) groups is 1. The van der Waals surface area contributed by atoms with Gasteiger partial charge in [0, 0.05) is 11.3 Å². The van der Waals surface area contributed by atoms with Crippen LogP contribution in [0.25, 0.3) is 0 Å². The second-order valence-electron chi connectivity index (χ2n) is 5.01. The number of nitrogens with one attached hydrogen (secondary N) is 2. The molecule has 0 spiro atoms. The van der Waals surface area contributed by atoms with Crippen molar-refractivity contribution in [2.24, 2.45) is 0 Å². The highest BCUT2D eigenvalue weighted by atomic mass is 32.2. The molecule has 6 nitrogen and oxygen atoms in total. The van der Waals surface area contributed by atoms with Gasteiger partial charge >= 0.3 is 0 Å². The fraction of sp³-hybridized carbons (Fsp3) is 0.250. The maximum Gasteiger partial charge on any atom is 0.249 e. The molecule has 8 heteroatoms. The van der Waals surface area contributed by atoms with Crippen LogP contribution in [0.4, 0.5) is 0 Å². The minimum absolute atomic E-state index is 0.106. The summed E-state index contributed by atoms with van der Waals surface area (Å²) in [7, 11) is -2.07. The highest BCUT2D eigenvalue weighted by Gasteiger charge is 2.14. The van der Waals surface area contributed by atoms with Gasteiger partial charge in [-0.05, 0) is 43.3 Å². The van der Waals surface area contributed by atoms with Crippen LogP contribution in [-0.4, -0.2) is 21.4 Å². The van der Waals surface area contributed by atoms with E-state index in [2.05, 4.69) is 10.0 Å². The smallest absolute Gasteiger partial charge is 0.249 e. The van der Waals surface area contributed by atoms with Crippen LogP contribution in [0.1, 0.15) is 22.4 Å². The van der Waals surface area contributed by atoms with Crippen molar-refractivity contribution in [1.82, 2.24) is 10.0 Å². The Morgan fingerprint density at radius 3 is 2.54 bits per heavy atom. The fourth-order valence-electron chi connectivity index (χ4n) is 1.98. The number of nitrogens with zero attached hydrogens (tertiary/aromatic N) is 1. The lowest BCUT2D eigenvalue weighted by Gasteiger charge is -2.04. The van der Waals surface area contributed by atoms with Crippen molar-refractivity contribution in [2.45, 2.75) is 23.6 Å². The van der Waals surface area contributed by atoms with Crippen LogP contribution < -0.4 is 10.0 Å². The van der Waals surface area contributed by atoms with E-state index in [4.69, 9.17) is 5.26 Å². The number of sulfonamides is 1. The summed E-state index contributed by atoms with van der Waals surface area (Å²) in [6.45, 7) is 0.302. The van der Waals surface area contributed by atoms with Gasteiger partial charge in [0.15, 0.2) is 0 Å². The largest absolute Gasteiger partial charge is 0.351 e. The predicted molar refractivity (Wildman–Crippen MR) is 91.9 cm³/mol. The molecule has 1 amide bonds. The zero-order chi connectivity index (χ0) is 17.6. The third-order valence-corrected chi connectivity index (χ3v) is 6.35. The van der Waals surface area contributed by atoms with Gasteiger partial charge < -0.3 is 5.32 Å². The number of aryl methyl sites for hydroxylation is 1. The summed E-state index contributed by atoms with van der Waals surface area (Å²) in [5.74, 6) is -0.106. The average Bonchev–Trinajstić information content (AvgIpc) is 3.08. The van der Waals surface area contributed by atoms with E-state index in [1.807, 2.05) is 18.2 Å². The molecule has 0 atom stereocenters. The number of carbonyl (C=O) groups excluding carboxylic acids is 1. The molecule has 0 aliphatic rings. The number of hydrogen-bond acceptors (Lipinski definition) is 5. The van der Waals surface area contributed by atoms with Gasteiger partial charge in [0.05, 0.1) is 18.2 Å². The number of benzene rings is 1. The standard InChI is InChI=1S/C16H17N3O3S2/c1-18-24(21,22)16-9-7-14(23-16)11-19-15(20)8-6-12-2-4-13(10-17)5-3-12/h2-5,7,9,18H,6,8,11H2,1H3,(H,19,20). The Balaban J connectivity index is 1.82. The first kappa shape index (κ1) is 18.1. The van der Waals surface area contributed by atoms with E-state index in [-0.39, 0.29) is 10.1 Å². The topological polar surface area (TPSA) is 99.1 Å². The Labute approximate surface area is 145 Å². The molecule has 1 aromatic heterocycles. The molecule has 126 valence electrons. The van der Waals surface area contributed by atoms with Gasteiger partial charge in [-0.3, -0.25) is 4.79 Å². The van der Waals surface area contributed by atoms with Crippen molar-refractivity contribution >= 4 is 27.3 Å². The summed E-state index contributed by atoms with van der Waals surface area (Å²) >= 11 is 1.13. The van der Waals surface area contributed by atoms with Crippen molar-refractivity contribution in [3.63, 3.8) is 0 Å². The fourth-order valence-corrected chi connectivity index (χ4v) is 4.11. The van der Waals surface area contributed by atoms with Crippen LogP contribution >= 0.6 is 11.3 Å². The van der Waals surface area contributed by atoms with Crippen LogP contribution in [0.3, 0.4) is 0 Å². The summed E-state index contributed by atoms with van der Waals surface area (Å²) in [5.41, 5.74) is 1.58. The second kappa shape index (κ2) is 8.06. The third-order valence-electron chi connectivity index (χ3n) is 3.35. The normalized spacial score (nSPS) is 11.0. The third kappa shape index (κ3) is 4.89. The Morgan fingerprint density at radius 1 is 1.21 bits per heavy atom. The van der Waals surface area contributed by atoms with Crippen molar-refractivity contribution in [1.29, 1.82) is 5.26 Å². The Hall–Kier alpha value is -2.21. The van der Waals surface area contributed by atoms with Crippen LogP contribution in [0, 0.1) is 11.3 Å². The molecule has 1 aromatic carbocycles. The van der Waals surface area contributed by atoms with E-state index in [0.717, 1.165) is 21.8 Å². The van der Waals surface area contributed by atoms with Crippen LogP contribution in [0.2, 0.25) is 0 Å². The molecule has 24 heavy (non-hydrogen) atoms. The summed E-state index contributed by atoms with van der Waals surface area (Å²) in [4.78, 5) is 12.7. The maximum absolute atomic E-state index is 11.9. The molecule has 2 rings (SSSR count). The molecule has 1 heterocycles. The van der Waals surface area contributed by atoms with Crippen LogP contribution in [0.5, 0.6) is 0 Å². The molecule has 2 N–H and O–H groups in total. The van der Waals surface area contributed by atoms with Gasteiger partial charge in [-0.25, -0.2) is 13.1 Å². The van der Waals surface area contributed by atoms with Gasteiger partial charge in [0.25, 0.3) is 0 Å². The molecular formula is C16H17N3O3S2. The highest BCUT2D eigenvalue weighted by Crippen LogP contribution is 2.21. The SMILES string of the molecule is CNS(=O)(=O)c1ccc(CNC(=O)CCc2ccc(C#N)cc2)s1. The first-order valence-electron chi connectivity index (χ1n) is 7.22. The molecule has 0 saturated carbocycles. The molecule has 0 radical (unpaired) electrons. The first-order valence-corrected chi connectivity index (χ1v) is 9.52. The monoisotopic (exact) mass is 363 g/mol. The zero-order valence-electron chi connectivity index (χ0n) is 13.1. The minimum atomic E-state index is -3.44. The molecule has 0 aliphatic carbocycles. The van der Waals surface area contributed by atoms with Gasteiger partial charge in [-0.2, -0.15) is 5.26 Å². The molecule has 0 aliphatic heterocycles. The lowest BCUT2D eigenvalue weighted by molar-refractivity contribution is -0.121. The highest BCUT2D eigenvalue weighted by molar-refractivity contribution is 7.91. The molecule has 2 aromatic rings. The van der Waals surface area contributed by atoms with E-state index >= 15 is 0 Å². The first-order chi connectivity index (χ1) is 11.4. The lowest BCUT2D eigenvalue weighted by Crippen LogP contribution is -2.22. The van der Waals surface area contributed by atoms with Crippen molar-refractivity contribution in [3.05, 3.63) is 52.4 Å². The second-order valence-corrected chi connectivity index (χ2v) is 8.30. The predicted octanol–water partition coefficient (Wildman–Crippen LogP) is 1.78. The Morgan fingerprint density at radius 2 is 1.92 bits per heavy atom. The maximum atomic E-state index is 11.9. The quantitative estimate of drug-likeness (QED) is 0.783. The van der Waals surface area contributed by atoms with Gasteiger partial charge in [0.1, 0.15) is 4.21 Å². The van der Waals surface area contributed by atoms with Crippen molar-refractivity contribution < 1.29 is 13.2 Å². The van der Waals surface area contributed by atoms with Gasteiger partial charge in [0.2, 0.25) is 15.9 Å². The number of amides is 1. The van der Waals surface area contributed by atoms with E-state index < -0.39 is 10.0 Å². The molecule has 0 saturated heterocycles. The van der Waals surface area contributed by atoms with Crippen LogP contribution in [0.15, 0.2) is 40.6 Å². The average molecular weight is 363 g/mol. The summed E-state index contributed by atoms with van der Waals surface area (Å²) < 4.78 is 25.8. The van der Waals surface area contributed by atoms with E-state index in [1.54, 1.807) is 18.2 Å².